The predicted molar refractivity (Wildman–Crippen MR) is 106 cm³/mol. The van der Waals surface area contributed by atoms with Crippen LogP contribution in [-0.2, 0) is 0 Å². The fourth-order valence-electron chi connectivity index (χ4n) is 3.95. The number of aromatic nitrogens is 2. The van der Waals surface area contributed by atoms with Gasteiger partial charge in [0.1, 0.15) is 17.2 Å². The number of fused-ring (bicyclic) bond motifs is 1. The number of rotatable bonds is 5. The zero-order valence-electron chi connectivity index (χ0n) is 15.6. The van der Waals surface area contributed by atoms with Gasteiger partial charge in [-0.05, 0) is 36.8 Å². The Balaban J connectivity index is 1.33. The molecule has 1 saturated carbocycles. The molecule has 0 bridgehead atoms. The van der Waals surface area contributed by atoms with Gasteiger partial charge in [0.2, 0.25) is 0 Å². The summed E-state index contributed by atoms with van der Waals surface area (Å²) in [6.07, 6.45) is 3.17. The summed E-state index contributed by atoms with van der Waals surface area (Å²) in [6, 6.07) is 19.1. The summed E-state index contributed by atoms with van der Waals surface area (Å²) < 4.78 is 5.99. The Labute approximate surface area is 167 Å². The number of para-hydroxylation sites is 2. The Morgan fingerprint density at radius 3 is 2.79 bits per heavy atom. The quantitative estimate of drug-likeness (QED) is 0.658. The SMILES string of the molecule is N#CN1C[C@@H](NC(=O)c2cc(-c3ccccc3Oc3ccccc3)n[nH]2)[C@@H]2CC21. The van der Waals surface area contributed by atoms with Crippen molar-refractivity contribution in [3.05, 3.63) is 66.4 Å². The van der Waals surface area contributed by atoms with E-state index in [2.05, 4.69) is 21.7 Å². The van der Waals surface area contributed by atoms with E-state index < -0.39 is 0 Å². The van der Waals surface area contributed by atoms with Crippen molar-refractivity contribution in [2.45, 2.75) is 18.5 Å². The average molecular weight is 385 g/mol. The number of nitriles is 1. The Kier molecular flexibility index (Phi) is 4.17. The van der Waals surface area contributed by atoms with E-state index in [9.17, 15) is 4.79 Å². The number of benzene rings is 2. The molecular formula is C22H19N5O2. The second-order valence-corrected chi connectivity index (χ2v) is 7.38. The Morgan fingerprint density at radius 2 is 2.00 bits per heavy atom. The highest BCUT2D eigenvalue weighted by atomic mass is 16.5. The van der Waals surface area contributed by atoms with E-state index in [1.165, 1.54) is 0 Å². The molecular weight excluding hydrogens is 366 g/mol. The summed E-state index contributed by atoms with van der Waals surface area (Å²) in [6.45, 7) is 0.576. The zero-order valence-corrected chi connectivity index (χ0v) is 15.6. The number of likely N-dealkylation sites (tertiary alicyclic amines) is 1. The van der Waals surface area contributed by atoms with E-state index in [4.69, 9.17) is 10.00 Å². The summed E-state index contributed by atoms with van der Waals surface area (Å²) in [5, 5.41) is 19.3. The summed E-state index contributed by atoms with van der Waals surface area (Å²) in [5.41, 5.74) is 1.82. The molecule has 2 aliphatic rings. The summed E-state index contributed by atoms with van der Waals surface area (Å²) >= 11 is 0. The second-order valence-electron chi connectivity index (χ2n) is 7.38. The lowest BCUT2D eigenvalue weighted by atomic mass is 10.1. The number of nitrogens with zero attached hydrogens (tertiary/aromatic N) is 3. The number of H-pyrrole nitrogens is 1. The molecule has 1 aromatic heterocycles. The van der Waals surface area contributed by atoms with E-state index in [-0.39, 0.29) is 11.9 Å². The number of carbonyl (C=O) groups is 1. The van der Waals surface area contributed by atoms with E-state index in [0.29, 0.717) is 35.6 Å². The number of hydrogen-bond donors (Lipinski definition) is 2. The maximum Gasteiger partial charge on any atom is 0.269 e. The number of nitrogens with one attached hydrogen (secondary N) is 2. The molecule has 29 heavy (non-hydrogen) atoms. The lowest BCUT2D eigenvalue weighted by molar-refractivity contribution is 0.0928. The minimum atomic E-state index is -0.208. The van der Waals surface area contributed by atoms with Crippen molar-refractivity contribution < 1.29 is 9.53 Å². The van der Waals surface area contributed by atoms with Crippen molar-refractivity contribution >= 4 is 5.91 Å². The summed E-state index contributed by atoms with van der Waals surface area (Å²) in [4.78, 5) is 14.4. The van der Waals surface area contributed by atoms with E-state index >= 15 is 0 Å². The molecule has 2 N–H and O–H groups in total. The van der Waals surface area contributed by atoms with Crippen LogP contribution in [0.2, 0.25) is 0 Å². The van der Waals surface area contributed by atoms with Crippen LogP contribution in [0.15, 0.2) is 60.7 Å². The fourth-order valence-corrected chi connectivity index (χ4v) is 3.95. The molecule has 1 aliphatic carbocycles. The van der Waals surface area contributed by atoms with Gasteiger partial charge < -0.3 is 15.0 Å². The highest BCUT2D eigenvalue weighted by Crippen LogP contribution is 2.44. The number of piperidine rings is 1. The normalized spacial score (nSPS) is 21.9. The second kappa shape index (κ2) is 6.99. The first kappa shape index (κ1) is 17.3. The van der Waals surface area contributed by atoms with Crippen LogP contribution in [0.4, 0.5) is 0 Å². The first-order chi connectivity index (χ1) is 14.2. The van der Waals surface area contributed by atoms with Crippen molar-refractivity contribution in [3.8, 4) is 28.9 Å². The van der Waals surface area contributed by atoms with E-state index in [1.807, 2.05) is 54.6 Å². The molecule has 2 aromatic carbocycles. The molecule has 7 nitrogen and oxygen atoms in total. The van der Waals surface area contributed by atoms with Gasteiger partial charge in [0.25, 0.3) is 5.91 Å². The van der Waals surface area contributed by atoms with Gasteiger partial charge in [-0.1, -0.05) is 30.3 Å². The molecule has 1 unspecified atom stereocenters. The number of hydrogen-bond acceptors (Lipinski definition) is 5. The Hall–Kier alpha value is -3.79. The number of amides is 1. The predicted octanol–water partition coefficient (Wildman–Crippen LogP) is 3.15. The van der Waals surface area contributed by atoms with Crippen LogP contribution in [0, 0.1) is 17.4 Å². The van der Waals surface area contributed by atoms with Gasteiger partial charge in [-0.2, -0.15) is 10.4 Å². The molecule has 3 atom stereocenters. The molecule has 1 aliphatic heterocycles. The van der Waals surface area contributed by atoms with Crippen LogP contribution in [0.5, 0.6) is 11.5 Å². The zero-order chi connectivity index (χ0) is 19.8. The van der Waals surface area contributed by atoms with Gasteiger partial charge in [0.15, 0.2) is 6.19 Å². The van der Waals surface area contributed by atoms with Crippen molar-refractivity contribution in [3.63, 3.8) is 0 Å². The van der Waals surface area contributed by atoms with Crippen LogP contribution in [0.1, 0.15) is 16.9 Å². The van der Waals surface area contributed by atoms with Gasteiger partial charge in [-0.3, -0.25) is 9.89 Å². The molecule has 2 fully saturated rings. The van der Waals surface area contributed by atoms with Crippen molar-refractivity contribution in [2.75, 3.05) is 6.54 Å². The molecule has 2 heterocycles. The van der Waals surface area contributed by atoms with Gasteiger partial charge in [0.05, 0.1) is 11.7 Å². The van der Waals surface area contributed by atoms with Crippen LogP contribution < -0.4 is 10.1 Å². The topological polar surface area (TPSA) is 94.0 Å². The summed E-state index contributed by atoms with van der Waals surface area (Å²) in [5.74, 6) is 1.57. The van der Waals surface area contributed by atoms with Gasteiger partial charge in [0, 0.05) is 24.1 Å². The molecule has 5 rings (SSSR count). The summed E-state index contributed by atoms with van der Waals surface area (Å²) in [7, 11) is 0. The smallest absolute Gasteiger partial charge is 0.269 e. The monoisotopic (exact) mass is 385 g/mol. The molecule has 1 amide bonds. The Bertz CT molecular complexity index is 1090. The lowest BCUT2D eigenvalue weighted by Gasteiger charge is -2.15. The number of carbonyl (C=O) groups excluding carboxylic acids is 1. The molecule has 1 saturated heterocycles. The molecule has 0 radical (unpaired) electrons. The fraction of sp³-hybridized carbons (Fsp3) is 0.227. The van der Waals surface area contributed by atoms with E-state index in [1.54, 1.807) is 11.0 Å². The third kappa shape index (κ3) is 3.29. The van der Waals surface area contributed by atoms with Crippen LogP contribution >= 0.6 is 0 Å². The van der Waals surface area contributed by atoms with Crippen molar-refractivity contribution in [1.29, 1.82) is 5.26 Å². The molecule has 0 spiro atoms. The molecule has 7 heteroatoms. The first-order valence-corrected chi connectivity index (χ1v) is 9.58. The van der Waals surface area contributed by atoms with E-state index in [0.717, 1.165) is 17.7 Å². The molecule has 3 aromatic rings. The van der Waals surface area contributed by atoms with Crippen molar-refractivity contribution in [2.24, 2.45) is 5.92 Å². The van der Waals surface area contributed by atoms with Crippen LogP contribution in [0.3, 0.4) is 0 Å². The first-order valence-electron chi connectivity index (χ1n) is 9.58. The minimum absolute atomic E-state index is 0.00704. The third-order valence-corrected chi connectivity index (χ3v) is 5.52. The van der Waals surface area contributed by atoms with Crippen LogP contribution in [0.25, 0.3) is 11.3 Å². The maximum atomic E-state index is 12.7. The van der Waals surface area contributed by atoms with Gasteiger partial charge in [-0.25, -0.2) is 0 Å². The van der Waals surface area contributed by atoms with Crippen molar-refractivity contribution in [1.82, 2.24) is 20.4 Å². The van der Waals surface area contributed by atoms with Gasteiger partial charge in [-0.15, -0.1) is 0 Å². The maximum absolute atomic E-state index is 12.7. The average Bonchev–Trinajstić information content (AvgIpc) is 3.25. The minimum Gasteiger partial charge on any atom is -0.457 e. The number of ether oxygens (including phenoxy) is 1. The van der Waals surface area contributed by atoms with Gasteiger partial charge >= 0.3 is 0 Å². The highest BCUT2D eigenvalue weighted by Gasteiger charge is 2.54. The lowest BCUT2D eigenvalue weighted by Crippen LogP contribution is -2.39. The largest absolute Gasteiger partial charge is 0.457 e. The van der Waals surface area contributed by atoms with Crippen LogP contribution in [-0.4, -0.2) is 39.6 Å². The molecule has 144 valence electrons. The third-order valence-electron chi connectivity index (χ3n) is 5.52. The highest BCUT2D eigenvalue weighted by molar-refractivity contribution is 5.93. The standard InChI is InChI=1S/C22H19N5O2/c23-13-27-12-19(16-10-20(16)27)24-22(28)18-11-17(25-26-18)15-8-4-5-9-21(15)29-14-6-2-1-3-7-14/h1-9,11,16,19-20H,10,12H2,(H,24,28)(H,25,26)/t16-,19+,20?/m0/s1. The Morgan fingerprint density at radius 1 is 1.21 bits per heavy atom. The number of aromatic amines is 1.